The van der Waals surface area contributed by atoms with Gasteiger partial charge in [-0.15, -0.1) is 0 Å². The summed E-state index contributed by atoms with van der Waals surface area (Å²) >= 11 is 0. The first-order valence-electron chi connectivity index (χ1n) is 10.3. The quantitative estimate of drug-likeness (QED) is 0.585. The van der Waals surface area contributed by atoms with Crippen molar-refractivity contribution < 1.29 is 17.6 Å². The molecular weight excluding hydrogens is 429 g/mol. The van der Waals surface area contributed by atoms with Crippen LogP contribution in [-0.2, 0) is 16.6 Å². The van der Waals surface area contributed by atoms with Crippen LogP contribution in [0.2, 0.25) is 0 Å². The van der Waals surface area contributed by atoms with Crippen molar-refractivity contribution in [2.24, 2.45) is 0 Å². The van der Waals surface area contributed by atoms with Gasteiger partial charge >= 0.3 is 6.03 Å². The SMILES string of the molecule is Cc1ccc(S(=O)(=O)Nc2cccc(N3CCCN(Cc4ccc(F)cc4)C3=O)c2)cc1. The van der Waals surface area contributed by atoms with Crippen molar-refractivity contribution in [3.63, 3.8) is 0 Å². The Morgan fingerprint density at radius 3 is 2.41 bits per heavy atom. The van der Waals surface area contributed by atoms with Crippen LogP contribution in [0, 0.1) is 12.7 Å². The average Bonchev–Trinajstić information content (AvgIpc) is 2.77. The number of benzene rings is 3. The molecule has 1 fully saturated rings. The number of aryl methyl sites for hydroxylation is 1. The summed E-state index contributed by atoms with van der Waals surface area (Å²) in [5.74, 6) is -0.315. The maximum absolute atomic E-state index is 13.2. The zero-order valence-corrected chi connectivity index (χ0v) is 18.5. The molecule has 32 heavy (non-hydrogen) atoms. The van der Waals surface area contributed by atoms with E-state index in [2.05, 4.69) is 4.72 Å². The third-order valence-electron chi connectivity index (χ3n) is 5.34. The number of anilines is 2. The number of nitrogens with zero attached hydrogens (tertiary/aromatic N) is 2. The van der Waals surface area contributed by atoms with Gasteiger partial charge < -0.3 is 4.90 Å². The summed E-state index contributed by atoms with van der Waals surface area (Å²) in [6.45, 7) is 3.41. The standard InChI is InChI=1S/C24H24FN3O3S/c1-18-6-12-23(13-7-18)32(30,31)26-21-4-2-5-22(16-21)28-15-3-14-27(24(28)29)17-19-8-10-20(25)11-9-19/h2,4-13,16,26H,3,14-15,17H2,1H3. The van der Waals surface area contributed by atoms with Crippen LogP contribution in [0.3, 0.4) is 0 Å². The zero-order valence-electron chi connectivity index (χ0n) is 17.7. The highest BCUT2D eigenvalue weighted by atomic mass is 32.2. The van der Waals surface area contributed by atoms with Gasteiger partial charge in [-0.3, -0.25) is 9.62 Å². The molecule has 0 radical (unpaired) electrons. The first-order valence-corrected chi connectivity index (χ1v) is 11.8. The smallest absolute Gasteiger partial charge is 0.320 e. The van der Waals surface area contributed by atoms with E-state index in [1.165, 1.54) is 12.1 Å². The van der Waals surface area contributed by atoms with Crippen LogP contribution in [0.25, 0.3) is 0 Å². The van der Waals surface area contributed by atoms with E-state index in [9.17, 15) is 17.6 Å². The van der Waals surface area contributed by atoms with Crippen LogP contribution in [0.15, 0.2) is 77.7 Å². The third-order valence-corrected chi connectivity index (χ3v) is 6.74. The van der Waals surface area contributed by atoms with Gasteiger partial charge in [-0.1, -0.05) is 35.9 Å². The van der Waals surface area contributed by atoms with Gasteiger partial charge in [0, 0.05) is 25.3 Å². The van der Waals surface area contributed by atoms with E-state index in [1.807, 2.05) is 6.92 Å². The highest BCUT2D eigenvalue weighted by Crippen LogP contribution is 2.26. The van der Waals surface area contributed by atoms with E-state index >= 15 is 0 Å². The van der Waals surface area contributed by atoms with Gasteiger partial charge in [-0.05, 0) is 61.4 Å². The van der Waals surface area contributed by atoms with Crippen LogP contribution in [0.4, 0.5) is 20.6 Å². The van der Waals surface area contributed by atoms with Crippen molar-refractivity contribution in [3.05, 3.63) is 89.7 Å². The normalized spacial score (nSPS) is 14.5. The number of sulfonamides is 1. The van der Waals surface area contributed by atoms with Crippen LogP contribution in [-0.4, -0.2) is 32.4 Å². The number of hydrogen-bond donors (Lipinski definition) is 1. The Balaban J connectivity index is 1.51. The van der Waals surface area contributed by atoms with E-state index in [-0.39, 0.29) is 16.7 Å². The second-order valence-electron chi connectivity index (χ2n) is 7.80. The lowest BCUT2D eigenvalue weighted by molar-refractivity contribution is 0.192. The Morgan fingerprint density at radius 2 is 1.69 bits per heavy atom. The highest BCUT2D eigenvalue weighted by molar-refractivity contribution is 7.92. The van der Waals surface area contributed by atoms with Gasteiger partial charge in [0.1, 0.15) is 5.82 Å². The van der Waals surface area contributed by atoms with Gasteiger partial charge in [0.2, 0.25) is 0 Å². The van der Waals surface area contributed by atoms with Crippen LogP contribution in [0.5, 0.6) is 0 Å². The predicted molar refractivity (Wildman–Crippen MR) is 123 cm³/mol. The first-order chi connectivity index (χ1) is 15.3. The molecule has 0 bridgehead atoms. The van der Waals surface area contributed by atoms with Crippen molar-refractivity contribution in [1.82, 2.24) is 4.90 Å². The number of carbonyl (C=O) groups is 1. The Labute approximate surface area is 187 Å². The monoisotopic (exact) mass is 453 g/mol. The number of amides is 2. The summed E-state index contributed by atoms with van der Waals surface area (Å²) in [5.41, 5.74) is 2.82. The molecule has 1 saturated heterocycles. The molecule has 8 heteroatoms. The fraction of sp³-hybridized carbons (Fsp3) is 0.208. The molecule has 4 rings (SSSR count). The Kier molecular flexibility index (Phi) is 6.14. The predicted octanol–water partition coefficient (Wildman–Crippen LogP) is 4.77. The van der Waals surface area contributed by atoms with Gasteiger partial charge in [0.25, 0.3) is 10.0 Å². The summed E-state index contributed by atoms with van der Waals surface area (Å²) in [7, 11) is -3.74. The minimum absolute atomic E-state index is 0.167. The fourth-order valence-electron chi connectivity index (χ4n) is 3.65. The van der Waals surface area contributed by atoms with E-state index in [0.29, 0.717) is 31.0 Å². The maximum atomic E-state index is 13.2. The van der Waals surface area contributed by atoms with Gasteiger partial charge in [0.15, 0.2) is 0 Å². The lowest BCUT2D eigenvalue weighted by atomic mass is 10.1. The number of carbonyl (C=O) groups excluding carboxylic acids is 1. The van der Waals surface area contributed by atoms with Crippen molar-refractivity contribution >= 4 is 27.4 Å². The molecule has 1 N–H and O–H groups in total. The van der Waals surface area contributed by atoms with Crippen molar-refractivity contribution in [1.29, 1.82) is 0 Å². The zero-order chi connectivity index (χ0) is 22.7. The molecule has 0 atom stereocenters. The Bertz CT molecular complexity index is 1210. The van der Waals surface area contributed by atoms with E-state index in [0.717, 1.165) is 17.5 Å². The van der Waals surface area contributed by atoms with Crippen LogP contribution >= 0.6 is 0 Å². The molecule has 1 aliphatic heterocycles. The van der Waals surface area contributed by atoms with Crippen molar-refractivity contribution in [2.75, 3.05) is 22.7 Å². The summed E-state index contributed by atoms with van der Waals surface area (Å²) in [6.07, 6.45) is 0.770. The minimum Gasteiger partial charge on any atom is -0.320 e. The average molecular weight is 454 g/mol. The molecular formula is C24H24FN3O3S. The summed E-state index contributed by atoms with van der Waals surface area (Å²) in [6, 6.07) is 19.3. The van der Waals surface area contributed by atoms with Gasteiger partial charge in [-0.25, -0.2) is 17.6 Å². The van der Waals surface area contributed by atoms with E-state index in [4.69, 9.17) is 0 Å². The molecule has 0 aliphatic carbocycles. The summed E-state index contributed by atoms with van der Waals surface area (Å²) in [5, 5.41) is 0. The van der Waals surface area contributed by atoms with Crippen molar-refractivity contribution in [3.8, 4) is 0 Å². The number of rotatable bonds is 6. The summed E-state index contributed by atoms with van der Waals surface area (Å²) < 4.78 is 41.2. The number of hydrogen-bond acceptors (Lipinski definition) is 3. The Hall–Kier alpha value is -3.39. The Morgan fingerprint density at radius 1 is 0.969 bits per heavy atom. The molecule has 1 heterocycles. The van der Waals surface area contributed by atoms with Crippen molar-refractivity contribution in [2.45, 2.75) is 24.8 Å². The molecule has 0 spiro atoms. The minimum atomic E-state index is -3.74. The molecule has 3 aromatic carbocycles. The highest BCUT2D eigenvalue weighted by Gasteiger charge is 2.27. The lowest BCUT2D eigenvalue weighted by Crippen LogP contribution is -2.49. The van der Waals surface area contributed by atoms with Crippen LogP contribution < -0.4 is 9.62 Å². The number of halogens is 1. The lowest BCUT2D eigenvalue weighted by Gasteiger charge is -2.36. The summed E-state index contributed by atoms with van der Waals surface area (Å²) in [4.78, 5) is 16.6. The number of urea groups is 1. The topological polar surface area (TPSA) is 69.7 Å². The van der Waals surface area contributed by atoms with E-state index in [1.54, 1.807) is 70.5 Å². The van der Waals surface area contributed by atoms with Crippen LogP contribution in [0.1, 0.15) is 17.5 Å². The molecule has 166 valence electrons. The largest absolute Gasteiger partial charge is 0.324 e. The van der Waals surface area contributed by atoms with Gasteiger partial charge in [0.05, 0.1) is 10.6 Å². The number of nitrogens with one attached hydrogen (secondary N) is 1. The first kappa shape index (κ1) is 21.8. The molecule has 6 nitrogen and oxygen atoms in total. The molecule has 0 unspecified atom stereocenters. The second-order valence-corrected chi connectivity index (χ2v) is 9.49. The second kappa shape index (κ2) is 9.00. The molecule has 0 aromatic heterocycles. The third kappa shape index (κ3) is 4.91. The molecule has 2 amide bonds. The van der Waals surface area contributed by atoms with E-state index < -0.39 is 10.0 Å². The molecule has 0 saturated carbocycles. The molecule has 3 aromatic rings. The van der Waals surface area contributed by atoms with Gasteiger partial charge in [-0.2, -0.15) is 0 Å². The maximum Gasteiger partial charge on any atom is 0.324 e. The fourth-order valence-corrected chi connectivity index (χ4v) is 4.70. The molecule has 1 aliphatic rings.